The average Bonchev–Trinajstić information content (AvgIpc) is 2.71. The highest BCUT2D eigenvalue weighted by Crippen LogP contribution is 2.40. The number of imide groups is 1. The summed E-state index contributed by atoms with van der Waals surface area (Å²) in [5.74, 6) is -1.99. The molecule has 0 aromatic heterocycles. The molecule has 1 saturated heterocycles. The third-order valence-electron chi connectivity index (χ3n) is 4.28. The Morgan fingerprint density at radius 3 is 2.19 bits per heavy atom. The molecule has 110 valence electrons. The van der Waals surface area contributed by atoms with Crippen molar-refractivity contribution in [2.45, 2.75) is 25.7 Å². The number of hydrogen-bond acceptors (Lipinski definition) is 3. The van der Waals surface area contributed by atoms with E-state index in [-0.39, 0.29) is 34.2 Å². The monoisotopic (exact) mass is 307 g/mol. The van der Waals surface area contributed by atoms with Crippen LogP contribution in [0.25, 0.3) is 0 Å². The van der Waals surface area contributed by atoms with Crippen LogP contribution in [0.4, 0.5) is 5.69 Å². The van der Waals surface area contributed by atoms with Crippen molar-refractivity contribution >= 4 is 35.1 Å². The van der Waals surface area contributed by atoms with E-state index in [1.165, 1.54) is 18.2 Å². The van der Waals surface area contributed by atoms with Gasteiger partial charge in [0, 0.05) is 0 Å². The molecule has 3 rings (SSSR count). The highest BCUT2D eigenvalue weighted by Gasteiger charge is 2.48. The van der Waals surface area contributed by atoms with Crippen LogP contribution < -0.4 is 4.90 Å². The minimum absolute atomic E-state index is 0.0236. The van der Waals surface area contributed by atoms with Crippen molar-refractivity contribution in [1.29, 1.82) is 0 Å². The van der Waals surface area contributed by atoms with E-state index in [0.717, 1.165) is 30.6 Å². The van der Waals surface area contributed by atoms with Gasteiger partial charge in [-0.2, -0.15) is 0 Å². The molecule has 21 heavy (non-hydrogen) atoms. The van der Waals surface area contributed by atoms with Crippen LogP contribution in [-0.2, 0) is 9.59 Å². The average molecular weight is 308 g/mol. The number of carbonyl (C=O) groups is 3. The van der Waals surface area contributed by atoms with Crippen LogP contribution in [0.2, 0.25) is 5.02 Å². The summed E-state index contributed by atoms with van der Waals surface area (Å²) in [4.78, 5) is 37.0. The van der Waals surface area contributed by atoms with Crippen LogP contribution in [0.15, 0.2) is 18.2 Å². The fraction of sp³-hybridized carbons (Fsp3) is 0.400. The van der Waals surface area contributed by atoms with Crippen molar-refractivity contribution in [3.8, 4) is 0 Å². The number of halogens is 1. The Labute approximate surface area is 126 Å². The van der Waals surface area contributed by atoms with E-state index in [1.807, 2.05) is 0 Å². The lowest BCUT2D eigenvalue weighted by atomic mass is 9.81. The number of aromatic carboxylic acids is 1. The summed E-state index contributed by atoms with van der Waals surface area (Å²) in [7, 11) is 0. The Morgan fingerprint density at radius 2 is 1.71 bits per heavy atom. The van der Waals surface area contributed by atoms with Crippen molar-refractivity contribution in [2.75, 3.05) is 4.90 Å². The Kier molecular flexibility index (Phi) is 3.45. The molecule has 1 heterocycles. The minimum atomic E-state index is -1.14. The fourth-order valence-electron chi connectivity index (χ4n) is 3.23. The molecule has 1 aromatic rings. The Morgan fingerprint density at radius 1 is 1.14 bits per heavy atom. The van der Waals surface area contributed by atoms with Crippen molar-refractivity contribution in [2.24, 2.45) is 11.8 Å². The topological polar surface area (TPSA) is 74.7 Å². The second-order valence-electron chi connectivity index (χ2n) is 5.48. The largest absolute Gasteiger partial charge is 0.478 e. The summed E-state index contributed by atoms with van der Waals surface area (Å²) < 4.78 is 0. The number of carboxylic acid groups (broad SMARTS) is 1. The predicted octanol–water partition coefficient (Wildman–Crippen LogP) is 2.72. The predicted molar refractivity (Wildman–Crippen MR) is 76.4 cm³/mol. The number of fused-ring (bicyclic) bond motifs is 1. The lowest BCUT2D eigenvalue weighted by Gasteiger charge is -2.19. The quantitative estimate of drug-likeness (QED) is 0.852. The number of benzene rings is 1. The highest BCUT2D eigenvalue weighted by atomic mass is 35.5. The molecule has 1 aliphatic heterocycles. The molecular formula is C15H14ClNO4. The molecule has 0 spiro atoms. The summed E-state index contributed by atoms with van der Waals surface area (Å²) in [6.07, 6.45) is 3.42. The van der Waals surface area contributed by atoms with Crippen molar-refractivity contribution in [3.63, 3.8) is 0 Å². The van der Waals surface area contributed by atoms with Crippen LogP contribution in [0.3, 0.4) is 0 Å². The summed E-state index contributed by atoms with van der Waals surface area (Å²) in [6.45, 7) is 0. The third kappa shape index (κ3) is 2.21. The fourth-order valence-corrected chi connectivity index (χ4v) is 3.49. The van der Waals surface area contributed by atoms with Gasteiger partial charge in [-0.05, 0) is 31.0 Å². The van der Waals surface area contributed by atoms with Gasteiger partial charge < -0.3 is 5.11 Å². The summed E-state index contributed by atoms with van der Waals surface area (Å²) >= 11 is 5.92. The van der Waals surface area contributed by atoms with Gasteiger partial charge in [-0.15, -0.1) is 0 Å². The number of carbonyl (C=O) groups excluding carboxylic acids is 2. The molecule has 2 fully saturated rings. The molecule has 1 N–H and O–H groups in total. The molecule has 0 radical (unpaired) electrons. The van der Waals surface area contributed by atoms with Crippen LogP contribution >= 0.6 is 11.6 Å². The van der Waals surface area contributed by atoms with Crippen LogP contribution in [-0.4, -0.2) is 22.9 Å². The van der Waals surface area contributed by atoms with E-state index < -0.39 is 5.97 Å². The molecular weight excluding hydrogens is 294 g/mol. The first-order valence-corrected chi connectivity index (χ1v) is 7.29. The van der Waals surface area contributed by atoms with Gasteiger partial charge >= 0.3 is 5.97 Å². The molecule has 2 atom stereocenters. The molecule has 1 aromatic carbocycles. The van der Waals surface area contributed by atoms with Crippen molar-refractivity contribution in [3.05, 3.63) is 28.8 Å². The maximum absolute atomic E-state index is 12.4. The maximum Gasteiger partial charge on any atom is 0.337 e. The molecule has 1 saturated carbocycles. The number of amides is 2. The van der Waals surface area contributed by atoms with E-state index in [4.69, 9.17) is 16.7 Å². The van der Waals surface area contributed by atoms with E-state index in [0.29, 0.717) is 5.69 Å². The number of anilines is 1. The number of nitrogens with zero attached hydrogens (tertiary/aromatic N) is 1. The molecule has 0 unspecified atom stereocenters. The first-order chi connectivity index (χ1) is 10.0. The molecule has 2 amide bonds. The highest BCUT2D eigenvalue weighted by molar-refractivity contribution is 6.34. The molecule has 6 heteroatoms. The SMILES string of the molecule is O=C(O)c1ccc(N2C(=O)[C@@H]3CCCC[C@H]3C2=O)cc1Cl. The Bertz CT molecular complexity index is 619. The summed E-state index contributed by atoms with van der Waals surface area (Å²) in [6, 6.07) is 4.16. The van der Waals surface area contributed by atoms with Crippen LogP contribution in [0.5, 0.6) is 0 Å². The minimum Gasteiger partial charge on any atom is -0.478 e. The first kappa shape index (κ1) is 14.1. The lowest BCUT2D eigenvalue weighted by molar-refractivity contribution is -0.122. The lowest BCUT2D eigenvalue weighted by Crippen LogP contribution is -2.30. The maximum atomic E-state index is 12.4. The molecule has 2 aliphatic rings. The van der Waals surface area contributed by atoms with E-state index >= 15 is 0 Å². The van der Waals surface area contributed by atoms with Crippen molar-refractivity contribution < 1.29 is 19.5 Å². The molecule has 1 aliphatic carbocycles. The van der Waals surface area contributed by atoms with Gasteiger partial charge in [0.15, 0.2) is 0 Å². The van der Waals surface area contributed by atoms with E-state index in [9.17, 15) is 14.4 Å². The second-order valence-corrected chi connectivity index (χ2v) is 5.89. The van der Waals surface area contributed by atoms with Gasteiger partial charge in [-0.3, -0.25) is 14.5 Å². The van der Waals surface area contributed by atoms with Gasteiger partial charge in [-0.25, -0.2) is 4.79 Å². The van der Waals surface area contributed by atoms with Gasteiger partial charge in [0.05, 0.1) is 28.1 Å². The molecule has 0 bridgehead atoms. The van der Waals surface area contributed by atoms with Gasteiger partial charge in [-0.1, -0.05) is 24.4 Å². The Balaban J connectivity index is 1.97. The van der Waals surface area contributed by atoms with Crippen LogP contribution in [0, 0.1) is 11.8 Å². The zero-order chi connectivity index (χ0) is 15.1. The number of carboxylic acids is 1. The van der Waals surface area contributed by atoms with Crippen LogP contribution in [0.1, 0.15) is 36.0 Å². The number of rotatable bonds is 2. The summed E-state index contributed by atoms with van der Waals surface area (Å²) in [5.41, 5.74) is 0.311. The van der Waals surface area contributed by atoms with E-state index in [1.54, 1.807) is 0 Å². The van der Waals surface area contributed by atoms with Gasteiger partial charge in [0.2, 0.25) is 11.8 Å². The Hall–Kier alpha value is -1.88. The first-order valence-electron chi connectivity index (χ1n) is 6.91. The standard InChI is InChI=1S/C15H14ClNO4/c16-12-7-8(5-6-11(12)15(20)21)17-13(18)9-3-1-2-4-10(9)14(17)19/h5-7,9-10H,1-4H2,(H,20,21)/t9-,10-/m1/s1. The smallest absolute Gasteiger partial charge is 0.337 e. The summed E-state index contributed by atoms with van der Waals surface area (Å²) in [5, 5.41) is 8.99. The van der Waals surface area contributed by atoms with Gasteiger partial charge in [0.1, 0.15) is 0 Å². The van der Waals surface area contributed by atoms with Gasteiger partial charge in [0.25, 0.3) is 0 Å². The zero-order valence-electron chi connectivity index (χ0n) is 11.2. The zero-order valence-corrected chi connectivity index (χ0v) is 12.0. The third-order valence-corrected chi connectivity index (χ3v) is 4.60. The molecule has 5 nitrogen and oxygen atoms in total. The van der Waals surface area contributed by atoms with E-state index in [2.05, 4.69) is 0 Å². The van der Waals surface area contributed by atoms with Crippen molar-refractivity contribution in [1.82, 2.24) is 0 Å². The normalized spacial score (nSPS) is 25.1. The second kappa shape index (κ2) is 5.15. The number of hydrogen-bond donors (Lipinski definition) is 1.